The highest BCUT2D eigenvalue weighted by Gasteiger charge is 2.19. The lowest BCUT2D eigenvalue weighted by Gasteiger charge is -2.27. The molecule has 0 unspecified atom stereocenters. The molecule has 5 nitrogen and oxygen atoms in total. The van der Waals surface area contributed by atoms with Crippen LogP contribution in [0.4, 0.5) is 0 Å². The van der Waals surface area contributed by atoms with Gasteiger partial charge in [-0.25, -0.2) is 4.79 Å². The second-order valence-corrected chi connectivity index (χ2v) is 7.02. The van der Waals surface area contributed by atoms with Gasteiger partial charge in [0, 0.05) is 32.1 Å². The van der Waals surface area contributed by atoms with Gasteiger partial charge < -0.3 is 4.90 Å². The Hall–Kier alpha value is -2.82. The number of rotatable bonds is 7. The summed E-state index contributed by atoms with van der Waals surface area (Å²) < 4.78 is 3.47. The number of carbonyl (C=O) groups is 1. The first-order valence-electron chi connectivity index (χ1n) is 9.54. The molecule has 3 rings (SSSR count). The number of hydrogen-bond donors (Lipinski definition) is 0. The minimum atomic E-state index is -0.0503. The molecule has 1 aromatic heterocycles. The molecule has 0 atom stereocenters. The number of fused-ring (bicyclic) bond motifs is 1. The lowest BCUT2D eigenvalue weighted by Crippen LogP contribution is -2.37. The monoisotopic (exact) mass is 365 g/mol. The third kappa shape index (κ3) is 3.97. The van der Waals surface area contributed by atoms with E-state index in [1.807, 2.05) is 80.3 Å². The first-order valence-corrected chi connectivity index (χ1v) is 9.54. The van der Waals surface area contributed by atoms with Crippen molar-refractivity contribution < 1.29 is 4.79 Å². The Bertz CT molecular complexity index is 970. The number of benzene rings is 2. The van der Waals surface area contributed by atoms with Crippen LogP contribution in [0, 0.1) is 0 Å². The van der Waals surface area contributed by atoms with Crippen LogP contribution in [0.3, 0.4) is 0 Å². The number of para-hydroxylation sites is 2. The Labute approximate surface area is 159 Å². The first-order chi connectivity index (χ1) is 13.0. The lowest BCUT2D eigenvalue weighted by atomic mass is 10.1. The van der Waals surface area contributed by atoms with Crippen molar-refractivity contribution in [3.05, 3.63) is 70.6 Å². The largest absolute Gasteiger partial charge is 0.336 e. The highest BCUT2D eigenvalue weighted by atomic mass is 16.2. The normalized spacial score (nSPS) is 11.3. The van der Waals surface area contributed by atoms with Gasteiger partial charge in [0.1, 0.15) is 0 Å². The third-order valence-corrected chi connectivity index (χ3v) is 4.93. The molecule has 2 aromatic carbocycles. The molecule has 1 amide bonds. The number of nitrogens with zero attached hydrogens (tertiary/aromatic N) is 3. The van der Waals surface area contributed by atoms with Gasteiger partial charge in [0.15, 0.2) is 0 Å². The van der Waals surface area contributed by atoms with E-state index in [0.717, 1.165) is 16.6 Å². The summed E-state index contributed by atoms with van der Waals surface area (Å²) >= 11 is 0. The Balaban J connectivity index is 1.79. The molecule has 5 heteroatoms. The summed E-state index contributed by atoms with van der Waals surface area (Å²) in [5, 5.41) is 0. The zero-order valence-corrected chi connectivity index (χ0v) is 16.3. The van der Waals surface area contributed by atoms with E-state index in [0.29, 0.717) is 26.1 Å². The van der Waals surface area contributed by atoms with Crippen LogP contribution < -0.4 is 5.69 Å². The maximum atomic E-state index is 12.9. The van der Waals surface area contributed by atoms with E-state index in [-0.39, 0.29) is 17.6 Å². The molecular formula is C22H27N3O2. The molecular weight excluding hydrogens is 338 g/mol. The van der Waals surface area contributed by atoms with Crippen LogP contribution >= 0.6 is 0 Å². The Kier molecular flexibility index (Phi) is 5.79. The van der Waals surface area contributed by atoms with Gasteiger partial charge in [0.25, 0.3) is 0 Å². The number of amides is 1. The number of aryl methyl sites for hydroxylation is 2. The predicted molar refractivity (Wildman–Crippen MR) is 109 cm³/mol. The Morgan fingerprint density at radius 1 is 0.963 bits per heavy atom. The van der Waals surface area contributed by atoms with Crippen LogP contribution in [0.5, 0.6) is 0 Å². The van der Waals surface area contributed by atoms with Gasteiger partial charge in [0.2, 0.25) is 5.91 Å². The van der Waals surface area contributed by atoms with Gasteiger partial charge in [-0.05, 0) is 38.5 Å². The molecule has 0 aliphatic heterocycles. The molecule has 0 fully saturated rings. The maximum absolute atomic E-state index is 12.9. The fraction of sp³-hybridized carbons (Fsp3) is 0.364. The highest BCUT2D eigenvalue weighted by molar-refractivity contribution is 5.78. The van der Waals surface area contributed by atoms with Gasteiger partial charge in [-0.15, -0.1) is 0 Å². The molecule has 0 aliphatic carbocycles. The van der Waals surface area contributed by atoms with Crippen molar-refractivity contribution in [2.24, 2.45) is 0 Å². The molecule has 1 heterocycles. The van der Waals surface area contributed by atoms with E-state index >= 15 is 0 Å². The average Bonchev–Trinajstić information content (AvgIpc) is 2.95. The van der Waals surface area contributed by atoms with Crippen molar-refractivity contribution in [1.29, 1.82) is 0 Å². The molecule has 0 aliphatic rings. The fourth-order valence-corrected chi connectivity index (χ4v) is 3.48. The standard InChI is InChI=1S/C22H27N3O2/c1-4-23-19-12-8-9-13-20(19)24(22(23)27)15-14-21(26)25(17(2)3)16-18-10-6-5-7-11-18/h5-13,17H,4,14-16H2,1-3H3. The van der Waals surface area contributed by atoms with Crippen molar-refractivity contribution in [1.82, 2.24) is 14.0 Å². The summed E-state index contributed by atoms with van der Waals surface area (Å²) in [6, 6.07) is 17.9. The number of hydrogen-bond acceptors (Lipinski definition) is 2. The molecule has 0 radical (unpaired) electrons. The lowest BCUT2D eigenvalue weighted by molar-refractivity contribution is -0.133. The second kappa shape index (κ2) is 8.25. The van der Waals surface area contributed by atoms with Gasteiger partial charge in [-0.2, -0.15) is 0 Å². The number of imidazole rings is 1. The smallest absolute Gasteiger partial charge is 0.329 e. The number of aromatic nitrogens is 2. The summed E-state index contributed by atoms with van der Waals surface area (Å²) in [6.45, 7) is 7.61. The van der Waals surface area contributed by atoms with E-state index in [4.69, 9.17) is 0 Å². The van der Waals surface area contributed by atoms with E-state index in [1.54, 1.807) is 9.13 Å². The van der Waals surface area contributed by atoms with E-state index in [2.05, 4.69) is 0 Å². The third-order valence-electron chi connectivity index (χ3n) is 4.93. The number of carbonyl (C=O) groups excluding carboxylic acids is 1. The Morgan fingerprint density at radius 3 is 2.15 bits per heavy atom. The van der Waals surface area contributed by atoms with Crippen LogP contribution in [-0.4, -0.2) is 26.0 Å². The minimum absolute atomic E-state index is 0.0503. The van der Waals surface area contributed by atoms with E-state index in [1.165, 1.54) is 0 Å². The van der Waals surface area contributed by atoms with Gasteiger partial charge in [-0.3, -0.25) is 13.9 Å². The van der Waals surface area contributed by atoms with Crippen LogP contribution in [-0.2, 0) is 24.4 Å². The second-order valence-electron chi connectivity index (χ2n) is 7.02. The average molecular weight is 365 g/mol. The minimum Gasteiger partial charge on any atom is -0.336 e. The molecule has 0 saturated heterocycles. The van der Waals surface area contributed by atoms with Crippen LogP contribution in [0.25, 0.3) is 11.0 Å². The summed E-state index contributed by atoms with van der Waals surface area (Å²) in [5.74, 6) is 0.0640. The zero-order chi connectivity index (χ0) is 19.4. The van der Waals surface area contributed by atoms with Crippen molar-refractivity contribution in [2.45, 2.75) is 52.9 Å². The van der Waals surface area contributed by atoms with Crippen molar-refractivity contribution in [3.8, 4) is 0 Å². The first kappa shape index (κ1) is 19.0. The van der Waals surface area contributed by atoms with Gasteiger partial charge in [0.05, 0.1) is 11.0 Å². The molecule has 0 N–H and O–H groups in total. The van der Waals surface area contributed by atoms with E-state index in [9.17, 15) is 9.59 Å². The molecule has 0 saturated carbocycles. The molecule has 0 bridgehead atoms. The quantitative estimate of drug-likeness (QED) is 0.642. The fourth-order valence-electron chi connectivity index (χ4n) is 3.48. The topological polar surface area (TPSA) is 47.2 Å². The highest BCUT2D eigenvalue weighted by Crippen LogP contribution is 2.15. The van der Waals surface area contributed by atoms with E-state index < -0.39 is 0 Å². The van der Waals surface area contributed by atoms with Crippen molar-refractivity contribution in [3.63, 3.8) is 0 Å². The van der Waals surface area contributed by atoms with Crippen LogP contribution in [0.15, 0.2) is 59.4 Å². The summed E-state index contributed by atoms with van der Waals surface area (Å²) in [5.41, 5.74) is 2.86. The van der Waals surface area contributed by atoms with Crippen LogP contribution in [0.1, 0.15) is 32.8 Å². The molecule has 0 spiro atoms. The summed E-state index contributed by atoms with van der Waals surface area (Å²) in [4.78, 5) is 27.5. The SMILES string of the molecule is CCn1c(=O)n(CCC(=O)N(Cc2ccccc2)C(C)C)c2ccccc21. The molecule has 3 aromatic rings. The predicted octanol–water partition coefficient (Wildman–Crippen LogP) is 3.65. The van der Waals surface area contributed by atoms with Gasteiger partial charge >= 0.3 is 5.69 Å². The van der Waals surface area contributed by atoms with Crippen molar-refractivity contribution >= 4 is 16.9 Å². The molecule has 27 heavy (non-hydrogen) atoms. The van der Waals surface area contributed by atoms with Crippen molar-refractivity contribution in [2.75, 3.05) is 0 Å². The molecule has 142 valence electrons. The van der Waals surface area contributed by atoms with Gasteiger partial charge in [-0.1, -0.05) is 42.5 Å². The Morgan fingerprint density at radius 2 is 1.56 bits per heavy atom. The zero-order valence-electron chi connectivity index (χ0n) is 16.3. The maximum Gasteiger partial charge on any atom is 0.329 e. The summed E-state index contributed by atoms with van der Waals surface area (Å²) in [7, 11) is 0. The summed E-state index contributed by atoms with van der Waals surface area (Å²) in [6.07, 6.45) is 0.308. The van der Waals surface area contributed by atoms with Crippen LogP contribution in [0.2, 0.25) is 0 Å².